The first-order valence-electron chi connectivity index (χ1n) is 8.97. The lowest BCUT2D eigenvalue weighted by Crippen LogP contribution is -2.49. The number of piperazine rings is 1. The van der Waals surface area contributed by atoms with Crippen LogP contribution in [-0.2, 0) is 11.2 Å². The van der Waals surface area contributed by atoms with Crippen molar-refractivity contribution in [1.29, 1.82) is 0 Å². The molecule has 0 radical (unpaired) electrons. The number of carbonyl (C=O) groups excluding carboxylic acids is 1. The molecule has 1 aliphatic heterocycles. The fourth-order valence-electron chi connectivity index (χ4n) is 3.23. The van der Waals surface area contributed by atoms with E-state index in [4.69, 9.17) is 0 Å². The highest BCUT2D eigenvalue weighted by molar-refractivity contribution is 7.13. The summed E-state index contributed by atoms with van der Waals surface area (Å²) in [5, 5.41) is 2.73. The predicted octanol–water partition coefficient (Wildman–Crippen LogP) is 3.84. The number of para-hydroxylation sites is 1. The van der Waals surface area contributed by atoms with Gasteiger partial charge in [0.25, 0.3) is 0 Å². The van der Waals surface area contributed by atoms with Gasteiger partial charge in [-0.3, -0.25) is 4.79 Å². The smallest absolute Gasteiger partial charge is 0.228 e. The van der Waals surface area contributed by atoms with Gasteiger partial charge in [-0.25, -0.2) is 9.37 Å². The summed E-state index contributed by atoms with van der Waals surface area (Å²) in [4.78, 5) is 21.4. The van der Waals surface area contributed by atoms with E-state index < -0.39 is 0 Å². The highest BCUT2D eigenvalue weighted by Gasteiger charge is 2.22. The number of hydrogen-bond acceptors (Lipinski definition) is 4. The molecule has 6 heteroatoms. The maximum absolute atomic E-state index is 13.1. The Bertz CT molecular complexity index is 903. The fraction of sp³-hybridized carbons (Fsp3) is 0.238. The van der Waals surface area contributed by atoms with Crippen LogP contribution in [0.2, 0.25) is 0 Å². The van der Waals surface area contributed by atoms with E-state index in [0.717, 1.165) is 42.4 Å². The second-order valence-electron chi connectivity index (χ2n) is 6.53. The summed E-state index contributed by atoms with van der Waals surface area (Å²) in [6, 6.07) is 16.6. The molecule has 1 aliphatic rings. The molecule has 2 heterocycles. The predicted molar refractivity (Wildman–Crippen MR) is 106 cm³/mol. The third kappa shape index (κ3) is 4.17. The fourth-order valence-corrected chi connectivity index (χ4v) is 4.06. The van der Waals surface area contributed by atoms with Crippen molar-refractivity contribution in [3.63, 3.8) is 0 Å². The second kappa shape index (κ2) is 7.88. The Morgan fingerprint density at radius 3 is 2.41 bits per heavy atom. The molecule has 1 fully saturated rings. The second-order valence-corrected chi connectivity index (χ2v) is 7.39. The molecule has 0 aliphatic carbocycles. The molecule has 2 aromatic carbocycles. The van der Waals surface area contributed by atoms with Gasteiger partial charge in [0.2, 0.25) is 5.91 Å². The number of anilines is 1. The van der Waals surface area contributed by atoms with Gasteiger partial charge in [0.1, 0.15) is 10.8 Å². The molecule has 3 aromatic rings. The maximum Gasteiger partial charge on any atom is 0.228 e. The summed E-state index contributed by atoms with van der Waals surface area (Å²) in [5.74, 6) is -0.154. The van der Waals surface area contributed by atoms with Crippen LogP contribution in [0.4, 0.5) is 10.1 Å². The minimum Gasteiger partial charge on any atom is -0.368 e. The minimum absolute atomic E-state index is 0.110. The van der Waals surface area contributed by atoms with Crippen LogP contribution in [0.1, 0.15) is 5.69 Å². The van der Waals surface area contributed by atoms with Crippen molar-refractivity contribution in [2.45, 2.75) is 6.42 Å². The topological polar surface area (TPSA) is 36.4 Å². The SMILES string of the molecule is O=C(Cc1csc(-c2ccc(F)cc2)n1)N1CCN(c2ccccc2)CC1. The van der Waals surface area contributed by atoms with Crippen LogP contribution in [-0.4, -0.2) is 42.0 Å². The average molecular weight is 381 g/mol. The number of rotatable bonds is 4. The standard InChI is InChI=1S/C21H20FN3OS/c22-17-8-6-16(7-9-17)21-23-18(15-27-21)14-20(26)25-12-10-24(11-13-25)19-4-2-1-3-5-19/h1-9,15H,10-14H2. The van der Waals surface area contributed by atoms with Gasteiger partial charge < -0.3 is 9.80 Å². The summed E-state index contributed by atoms with van der Waals surface area (Å²) < 4.78 is 13.1. The van der Waals surface area contributed by atoms with Crippen LogP contribution in [0.3, 0.4) is 0 Å². The van der Waals surface area contributed by atoms with Crippen molar-refractivity contribution < 1.29 is 9.18 Å². The first-order chi connectivity index (χ1) is 13.2. The molecule has 1 amide bonds. The van der Waals surface area contributed by atoms with Crippen molar-refractivity contribution in [2.75, 3.05) is 31.1 Å². The van der Waals surface area contributed by atoms with Gasteiger partial charge in [0.05, 0.1) is 12.1 Å². The zero-order chi connectivity index (χ0) is 18.6. The first kappa shape index (κ1) is 17.7. The Hall–Kier alpha value is -2.73. The third-order valence-electron chi connectivity index (χ3n) is 4.73. The number of aromatic nitrogens is 1. The number of benzene rings is 2. The van der Waals surface area contributed by atoms with Crippen LogP contribution in [0.5, 0.6) is 0 Å². The molecule has 138 valence electrons. The molecule has 0 saturated carbocycles. The Morgan fingerprint density at radius 1 is 1.00 bits per heavy atom. The van der Waals surface area contributed by atoms with Crippen LogP contribution in [0, 0.1) is 5.82 Å². The van der Waals surface area contributed by atoms with Gasteiger partial charge in [-0.15, -0.1) is 11.3 Å². The van der Waals surface area contributed by atoms with Crippen LogP contribution < -0.4 is 4.90 Å². The lowest BCUT2D eigenvalue weighted by molar-refractivity contribution is -0.130. The quantitative estimate of drug-likeness (QED) is 0.689. The summed E-state index contributed by atoms with van der Waals surface area (Å²) >= 11 is 1.48. The van der Waals surface area contributed by atoms with E-state index >= 15 is 0 Å². The Labute approximate surface area is 161 Å². The molecule has 4 nitrogen and oxygen atoms in total. The van der Waals surface area contributed by atoms with Crippen molar-refractivity contribution in [2.24, 2.45) is 0 Å². The van der Waals surface area contributed by atoms with Crippen LogP contribution >= 0.6 is 11.3 Å². The molecule has 27 heavy (non-hydrogen) atoms. The average Bonchev–Trinajstić information content (AvgIpc) is 3.18. The molecular weight excluding hydrogens is 361 g/mol. The normalized spacial score (nSPS) is 14.4. The lowest BCUT2D eigenvalue weighted by atomic mass is 10.2. The largest absolute Gasteiger partial charge is 0.368 e. The Morgan fingerprint density at radius 2 is 1.70 bits per heavy atom. The van der Waals surface area contributed by atoms with E-state index in [1.54, 1.807) is 12.1 Å². The van der Waals surface area contributed by atoms with Gasteiger partial charge in [0, 0.05) is 42.8 Å². The Balaban J connectivity index is 1.34. The first-order valence-corrected chi connectivity index (χ1v) is 9.85. The molecule has 1 aromatic heterocycles. The van der Waals surface area contributed by atoms with Gasteiger partial charge >= 0.3 is 0 Å². The molecule has 0 N–H and O–H groups in total. The third-order valence-corrected chi connectivity index (χ3v) is 5.67. The molecular formula is C21H20FN3OS. The number of carbonyl (C=O) groups is 1. The highest BCUT2D eigenvalue weighted by Crippen LogP contribution is 2.24. The van der Waals surface area contributed by atoms with Gasteiger partial charge in [-0.1, -0.05) is 18.2 Å². The number of nitrogens with zero attached hydrogens (tertiary/aromatic N) is 3. The highest BCUT2D eigenvalue weighted by atomic mass is 32.1. The van der Waals surface area contributed by atoms with Gasteiger partial charge in [-0.2, -0.15) is 0 Å². The van der Waals surface area contributed by atoms with E-state index in [-0.39, 0.29) is 11.7 Å². The molecule has 0 spiro atoms. The summed E-state index contributed by atoms with van der Waals surface area (Å²) in [6.07, 6.45) is 0.309. The van der Waals surface area contributed by atoms with Crippen LogP contribution in [0.25, 0.3) is 10.6 Å². The van der Waals surface area contributed by atoms with Crippen molar-refractivity contribution in [3.8, 4) is 10.6 Å². The zero-order valence-corrected chi connectivity index (χ0v) is 15.7. The van der Waals surface area contributed by atoms with Crippen LogP contribution in [0.15, 0.2) is 60.0 Å². The van der Waals surface area contributed by atoms with Gasteiger partial charge in [0.15, 0.2) is 0 Å². The number of hydrogen-bond donors (Lipinski definition) is 0. The molecule has 4 rings (SSSR count). The monoisotopic (exact) mass is 381 g/mol. The Kier molecular flexibility index (Phi) is 5.16. The molecule has 0 atom stereocenters. The molecule has 0 bridgehead atoms. The molecule has 1 saturated heterocycles. The van der Waals surface area contributed by atoms with E-state index in [1.165, 1.54) is 29.2 Å². The minimum atomic E-state index is -0.264. The van der Waals surface area contributed by atoms with E-state index in [1.807, 2.05) is 28.5 Å². The van der Waals surface area contributed by atoms with Crippen molar-refractivity contribution in [3.05, 3.63) is 71.5 Å². The van der Waals surface area contributed by atoms with Crippen molar-refractivity contribution >= 4 is 22.9 Å². The number of halogens is 1. The van der Waals surface area contributed by atoms with E-state index in [2.05, 4.69) is 22.0 Å². The lowest BCUT2D eigenvalue weighted by Gasteiger charge is -2.36. The van der Waals surface area contributed by atoms with E-state index in [0.29, 0.717) is 6.42 Å². The number of thiazole rings is 1. The summed E-state index contributed by atoms with van der Waals surface area (Å²) in [7, 11) is 0. The van der Waals surface area contributed by atoms with Gasteiger partial charge in [-0.05, 0) is 36.4 Å². The summed E-state index contributed by atoms with van der Waals surface area (Å²) in [5.41, 5.74) is 2.85. The number of amides is 1. The van der Waals surface area contributed by atoms with E-state index in [9.17, 15) is 9.18 Å². The molecule has 0 unspecified atom stereocenters. The maximum atomic E-state index is 13.1. The summed E-state index contributed by atoms with van der Waals surface area (Å²) in [6.45, 7) is 3.13. The van der Waals surface area contributed by atoms with Crippen molar-refractivity contribution in [1.82, 2.24) is 9.88 Å². The zero-order valence-electron chi connectivity index (χ0n) is 14.8.